The second-order valence-corrected chi connectivity index (χ2v) is 16.6. The second kappa shape index (κ2) is 11.2. The predicted octanol–water partition coefficient (Wildman–Crippen LogP) is 4.15. The molecule has 10 rings (SSSR count). The topological polar surface area (TPSA) is 9.86 Å². The van der Waals surface area contributed by atoms with Gasteiger partial charge >= 0.3 is 275 Å². The average molecular weight is 723 g/mol. The molecule has 2 unspecified atom stereocenters. The van der Waals surface area contributed by atoms with Crippen LogP contribution in [-0.4, -0.2) is 9.13 Å². The molecule has 6 aromatic carbocycles. The predicted molar refractivity (Wildman–Crippen MR) is 184 cm³/mol. The van der Waals surface area contributed by atoms with Crippen molar-refractivity contribution in [3.05, 3.63) is 180 Å². The molecule has 0 N–H and O–H groups in total. The first-order valence-corrected chi connectivity index (χ1v) is 18.1. The van der Waals surface area contributed by atoms with Crippen molar-refractivity contribution < 1.29 is 48.0 Å². The summed E-state index contributed by atoms with van der Waals surface area (Å²) >= 11 is -1.66. The van der Waals surface area contributed by atoms with Crippen LogP contribution >= 0.6 is 0 Å². The number of hydrogen-bond acceptors (Lipinski definition) is 0. The molecule has 8 aromatic rings. The van der Waals surface area contributed by atoms with Gasteiger partial charge in [0.05, 0.1) is 0 Å². The van der Waals surface area contributed by atoms with E-state index < -0.39 is 23.2 Å². The quantitative estimate of drug-likeness (QED) is 0.259. The van der Waals surface area contributed by atoms with Gasteiger partial charge in [-0.15, -0.1) is 0 Å². The van der Waals surface area contributed by atoms with Crippen LogP contribution in [0.1, 0.15) is 22.3 Å². The molecular formula is C42H28Cl2N2Zr. The molecule has 224 valence electrons. The van der Waals surface area contributed by atoms with Gasteiger partial charge in [-0.3, -0.25) is 0 Å². The summed E-state index contributed by atoms with van der Waals surface area (Å²) in [7, 11) is 0. The van der Waals surface area contributed by atoms with E-state index in [1.807, 2.05) is 0 Å². The Morgan fingerprint density at radius 2 is 0.660 bits per heavy atom. The Hall–Kier alpha value is -4.14. The van der Waals surface area contributed by atoms with Crippen molar-refractivity contribution in [3.8, 4) is 0 Å². The second-order valence-electron chi connectivity index (χ2n) is 12.2. The summed E-state index contributed by atoms with van der Waals surface area (Å²) in [6, 6.07) is 54.3. The van der Waals surface area contributed by atoms with Gasteiger partial charge in [0.25, 0.3) is 0 Å². The normalized spacial score (nSPS) is 19.1. The van der Waals surface area contributed by atoms with Gasteiger partial charge in [-0.1, -0.05) is 0 Å². The van der Waals surface area contributed by atoms with Crippen molar-refractivity contribution in [2.24, 2.45) is 0 Å². The molecular weight excluding hydrogens is 695 g/mol. The van der Waals surface area contributed by atoms with Crippen LogP contribution < -0.4 is 24.8 Å². The van der Waals surface area contributed by atoms with E-state index in [4.69, 9.17) is 0 Å². The molecule has 2 nitrogen and oxygen atoms in total. The molecule has 0 saturated carbocycles. The van der Waals surface area contributed by atoms with Crippen LogP contribution in [0.2, 0.25) is 0 Å². The molecule has 0 amide bonds. The number of halogens is 2. The van der Waals surface area contributed by atoms with Crippen molar-refractivity contribution >= 4 is 55.8 Å². The Balaban J connectivity index is 0.00000162. The Morgan fingerprint density at radius 3 is 1.02 bits per heavy atom. The molecule has 5 heteroatoms. The molecule has 2 aliphatic rings. The maximum Gasteiger partial charge on any atom is -1.00 e. The van der Waals surface area contributed by atoms with E-state index in [0.717, 1.165) is 0 Å². The fourth-order valence-corrected chi connectivity index (χ4v) is 14.0. The van der Waals surface area contributed by atoms with Gasteiger partial charge in [-0.2, -0.15) is 0 Å². The van der Waals surface area contributed by atoms with Crippen LogP contribution in [0.25, 0.3) is 55.8 Å². The minimum Gasteiger partial charge on any atom is -1.00 e. The Morgan fingerprint density at radius 1 is 0.362 bits per heavy atom. The number of aromatic nitrogens is 2. The van der Waals surface area contributed by atoms with Crippen LogP contribution in [0.15, 0.2) is 158 Å². The third kappa shape index (κ3) is 4.07. The van der Waals surface area contributed by atoms with E-state index in [1.54, 1.807) is 0 Å². The van der Waals surface area contributed by atoms with Gasteiger partial charge < -0.3 is 24.8 Å². The molecule has 2 atom stereocenters. The summed E-state index contributed by atoms with van der Waals surface area (Å²) in [5.41, 5.74) is 10.7. The van der Waals surface area contributed by atoms with E-state index in [2.05, 4.69) is 179 Å². The van der Waals surface area contributed by atoms with Gasteiger partial charge in [-0.05, 0) is 0 Å². The van der Waals surface area contributed by atoms with E-state index in [-0.39, 0.29) is 31.3 Å². The molecule has 0 spiro atoms. The largest absolute Gasteiger partial charge is 1.00 e. The fraction of sp³-hybridized carbons (Fsp3) is 0.0476. The van der Waals surface area contributed by atoms with Crippen molar-refractivity contribution in [1.82, 2.24) is 9.13 Å². The summed E-state index contributed by atoms with van der Waals surface area (Å²) in [6.07, 6.45) is 9.91. The molecule has 0 aliphatic heterocycles. The van der Waals surface area contributed by atoms with E-state index in [0.29, 0.717) is 0 Å². The summed E-state index contributed by atoms with van der Waals surface area (Å²) in [5, 5.41) is 5.27. The molecule has 0 radical (unpaired) electrons. The summed E-state index contributed by atoms with van der Waals surface area (Å²) < 4.78 is 4.85. The smallest absolute Gasteiger partial charge is 1.00 e. The Bertz CT molecular complexity index is 2270. The fourth-order valence-electron chi connectivity index (χ4n) is 8.19. The Labute approximate surface area is 297 Å². The summed E-state index contributed by atoms with van der Waals surface area (Å²) in [6.45, 7) is 0. The van der Waals surface area contributed by atoms with E-state index >= 15 is 0 Å². The number of nitrogens with zero attached hydrogens (tertiary/aromatic N) is 2. The van der Waals surface area contributed by atoms with Crippen LogP contribution in [0.4, 0.5) is 0 Å². The third-order valence-corrected chi connectivity index (χ3v) is 15.1. The first-order chi connectivity index (χ1) is 22.3. The first kappa shape index (κ1) is 30.2. The van der Waals surface area contributed by atoms with E-state index in [1.165, 1.54) is 65.9 Å². The van der Waals surface area contributed by atoms with Crippen LogP contribution in [0, 0.1) is 0 Å². The van der Waals surface area contributed by atoms with Gasteiger partial charge in [0, 0.05) is 0 Å². The maximum atomic E-state index is 2.72. The van der Waals surface area contributed by atoms with Gasteiger partial charge in [0.15, 0.2) is 0 Å². The van der Waals surface area contributed by atoms with Crippen molar-refractivity contribution in [1.29, 1.82) is 0 Å². The van der Waals surface area contributed by atoms with Crippen molar-refractivity contribution in [2.75, 3.05) is 0 Å². The maximum absolute atomic E-state index is 2.72. The van der Waals surface area contributed by atoms with Gasteiger partial charge in [0.1, 0.15) is 0 Å². The minimum atomic E-state index is -1.66. The number of benzene rings is 6. The number of fused-ring (bicyclic) bond motifs is 8. The average Bonchev–Trinajstić information content (AvgIpc) is 3.84. The molecule has 0 saturated heterocycles. The van der Waals surface area contributed by atoms with Crippen LogP contribution in [0.3, 0.4) is 0 Å². The monoisotopic (exact) mass is 720 g/mol. The summed E-state index contributed by atoms with van der Waals surface area (Å²) in [5.74, 6) is 0. The van der Waals surface area contributed by atoms with Crippen LogP contribution in [0.5, 0.6) is 0 Å². The number of rotatable bonds is 4. The summed E-state index contributed by atoms with van der Waals surface area (Å²) in [4.78, 5) is 0. The molecule has 0 bridgehead atoms. The Kier molecular flexibility index (Phi) is 7.22. The molecule has 0 fully saturated rings. The van der Waals surface area contributed by atoms with E-state index in [9.17, 15) is 0 Å². The zero-order chi connectivity index (χ0) is 29.6. The minimum absolute atomic E-state index is 0. The van der Waals surface area contributed by atoms with Gasteiger partial charge in [-0.25, -0.2) is 0 Å². The SMILES string of the molecule is C1=C[C]([Zr+2][C]2(n3c4ccccc4c4ccccc43)C=Cc3ccccc32)(n2c3ccccc3c3ccccc32)c2ccccc21.[Cl-].[Cl-]. The van der Waals surface area contributed by atoms with Crippen molar-refractivity contribution in [2.45, 2.75) is 6.49 Å². The molecule has 2 heterocycles. The molecule has 2 aromatic heterocycles. The van der Waals surface area contributed by atoms with Crippen LogP contribution in [-0.2, 0) is 29.7 Å². The number of para-hydroxylation sites is 4. The third-order valence-electron chi connectivity index (χ3n) is 10.00. The zero-order valence-corrected chi connectivity index (χ0v) is 29.3. The zero-order valence-electron chi connectivity index (χ0n) is 25.3. The van der Waals surface area contributed by atoms with Gasteiger partial charge in [0.2, 0.25) is 0 Å². The molecule has 2 aliphatic carbocycles. The number of hydrogen-bond donors (Lipinski definition) is 0. The molecule has 47 heavy (non-hydrogen) atoms. The number of allylic oxidation sites excluding steroid dienone is 2. The first-order valence-electron chi connectivity index (χ1n) is 15.6. The standard InChI is InChI=1S/2C21H14N.2ClH.Zr/c2*1-2-8-16-15(7-1)13-14-21(16)22-19-11-5-3-9-17(19)18-10-4-6-12-20(18)22;;;/h2*1-14H;2*1H;/q;;;;+2/p-2. The van der Waals surface area contributed by atoms with Crippen molar-refractivity contribution in [3.63, 3.8) is 0 Å².